The average Bonchev–Trinajstić information content (AvgIpc) is 2.86. The van der Waals surface area contributed by atoms with E-state index in [-0.39, 0.29) is 6.04 Å². The Hall–Kier alpha value is -1.33. The van der Waals surface area contributed by atoms with Gasteiger partial charge in [-0.3, -0.25) is 0 Å². The summed E-state index contributed by atoms with van der Waals surface area (Å²) in [7, 11) is 0. The van der Waals surface area contributed by atoms with E-state index >= 15 is 0 Å². The van der Waals surface area contributed by atoms with E-state index in [1.165, 1.54) is 36.9 Å². The van der Waals surface area contributed by atoms with Gasteiger partial charge in [-0.05, 0) is 71.3 Å². The summed E-state index contributed by atoms with van der Waals surface area (Å²) in [6.07, 6.45) is 1.10. The molecule has 0 aliphatic carbocycles. The molecule has 0 saturated heterocycles. The lowest BCUT2D eigenvalue weighted by atomic mass is 9.94. The summed E-state index contributed by atoms with van der Waals surface area (Å²) in [6.45, 7) is 3.20. The Labute approximate surface area is 138 Å². The minimum Gasteiger partial charge on any atom is -0.357 e. The van der Waals surface area contributed by atoms with Crippen molar-refractivity contribution in [3.05, 3.63) is 68.4 Å². The average molecular weight is 388 g/mol. The highest BCUT2D eigenvalue weighted by Crippen LogP contribution is 2.33. The predicted octanol–water partition coefficient (Wildman–Crippen LogP) is 4.32. The van der Waals surface area contributed by atoms with Crippen molar-refractivity contribution in [1.82, 2.24) is 10.3 Å². The number of fused-ring (bicyclic) bond motifs is 3. The highest BCUT2D eigenvalue weighted by molar-refractivity contribution is 14.1. The van der Waals surface area contributed by atoms with Gasteiger partial charge in [0.25, 0.3) is 0 Å². The standard InChI is InChI=1S/C18H17IN2/c1-11-2-7-16-15(10-11)14-8-9-20-17(18(14)21-16)12-3-5-13(19)6-4-12/h2-7,10,17,20-21H,8-9H2,1H3. The van der Waals surface area contributed by atoms with Crippen molar-refractivity contribution in [2.24, 2.45) is 0 Å². The third kappa shape index (κ3) is 2.28. The maximum absolute atomic E-state index is 3.65. The van der Waals surface area contributed by atoms with Crippen molar-refractivity contribution < 1.29 is 0 Å². The molecule has 21 heavy (non-hydrogen) atoms. The zero-order valence-corrected chi connectivity index (χ0v) is 14.1. The molecule has 1 atom stereocenters. The molecule has 0 fully saturated rings. The quantitative estimate of drug-likeness (QED) is 0.598. The molecular weight excluding hydrogens is 371 g/mol. The SMILES string of the molecule is Cc1ccc2[nH]c3c(c2c1)CCNC3c1ccc(I)cc1. The molecule has 1 unspecified atom stereocenters. The monoisotopic (exact) mass is 388 g/mol. The number of hydrogen-bond donors (Lipinski definition) is 2. The number of hydrogen-bond acceptors (Lipinski definition) is 1. The van der Waals surface area contributed by atoms with Crippen molar-refractivity contribution in [3.63, 3.8) is 0 Å². The first-order chi connectivity index (χ1) is 10.2. The third-order valence-corrected chi connectivity index (χ3v) is 5.03. The highest BCUT2D eigenvalue weighted by atomic mass is 127. The van der Waals surface area contributed by atoms with E-state index in [9.17, 15) is 0 Å². The Morgan fingerprint density at radius 3 is 2.71 bits per heavy atom. The van der Waals surface area contributed by atoms with Crippen LogP contribution in [0.2, 0.25) is 0 Å². The fourth-order valence-electron chi connectivity index (χ4n) is 3.28. The fourth-order valence-corrected chi connectivity index (χ4v) is 3.64. The van der Waals surface area contributed by atoms with Crippen LogP contribution >= 0.6 is 22.6 Å². The van der Waals surface area contributed by atoms with Crippen molar-refractivity contribution in [1.29, 1.82) is 0 Å². The van der Waals surface area contributed by atoms with Crippen LogP contribution in [0.4, 0.5) is 0 Å². The first kappa shape index (κ1) is 13.3. The van der Waals surface area contributed by atoms with Gasteiger partial charge in [0.15, 0.2) is 0 Å². The van der Waals surface area contributed by atoms with Crippen LogP contribution in [0.3, 0.4) is 0 Å². The van der Waals surface area contributed by atoms with Crippen LogP contribution in [-0.2, 0) is 6.42 Å². The Bertz CT molecular complexity index is 802. The zero-order valence-electron chi connectivity index (χ0n) is 11.9. The second kappa shape index (κ2) is 5.14. The zero-order chi connectivity index (χ0) is 14.4. The molecule has 2 N–H and O–H groups in total. The number of benzene rings is 2. The van der Waals surface area contributed by atoms with Crippen molar-refractivity contribution in [2.45, 2.75) is 19.4 Å². The first-order valence-electron chi connectivity index (χ1n) is 7.32. The number of nitrogens with one attached hydrogen (secondary N) is 2. The van der Waals surface area contributed by atoms with Gasteiger partial charge in [-0.1, -0.05) is 23.8 Å². The van der Waals surface area contributed by atoms with E-state index < -0.39 is 0 Å². The second-order valence-corrected chi connectivity index (χ2v) is 7.00. The third-order valence-electron chi connectivity index (χ3n) is 4.31. The molecule has 0 radical (unpaired) electrons. The first-order valence-corrected chi connectivity index (χ1v) is 8.40. The molecule has 3 aromatic rings. The van der Waals surface area contributed by atoms with Gasteiger partial charge in [0, 0.05) is 26.7 Å². The molecule has 0 bridgehead atoms. The maximum atomic E-state index is 3.65. The van der Waals surface area contributed by atoms with Gasteiger partial charge >= 0.3 is 0 Å². The lowest BCUT2D eigenvalue weighted by Gasteiger charge is -2.25. The molecule has 2 aromatic carbocycles. The van der Waals surface area contributed by atoms with Gasteiger partial charge < -0.3 is 10.3 Å². The van der Waals surface area contributed by atoms with E-state index in [1.807, 2.05) is 0 Å². The Morgan fingerprint density at radius 2 is 1.90 bits per heavy atom. The number of H-pyrrole nitrogens is 1. The van der Waals surface area contributed by atoms with Gasteiger partial charge in [-0.2, -0.15) is 0 Å². The molecule has 3 heteroatoms. The topological polar surface area (TPSA) is 27.8 Å². The molecule has 1 aliphatic heterocycles. The maximum Gasteiger partial charge on any atom is 0.0732 e. The van der Waals surface area contributed by atoms with Crippen LogP contribution in [0, 0.1) is 10.5 Å². The van der Waals surface area contributed by atoms with E-state index in [4.69, 9.17) is 0 Å². The summed E-state index contributed by atoms with van der Waals surface area (Å²) in [6, 6.07) is 15.8. The molecule has 106 valence electrons. The molecule has 0 amide bonds. The van der Waals surface area contributed by atoms with E-state index in [2.05, 4.69) is 82.3 Å². The largest absolute Gasteiger partial charge is 0.357 e. The van der Waals surface area contributed by atoms with Crippen molar-refractivity contribution in [2.75, 3.05) is 6.54 Å². The van der Waals surface area contributed by atoms with Crippen LogP contribution in [0.15, 0.2) is 42.5 Å². The molecular formula is C18H17IN2. The Kier molecular flexibility index (Phi) is 3.27. The molecule has 1 aliphatic rings. The van der Waals surface area contributed by atoms with Gasteiger partial charge in [0.2, 0.25) is 0 Å². The second-order valence-electron chi connectivity index (χ2n) is 5.75. The molecule has 0 saturated carbocycles. The van der Waals surface area contributed by atoms with Crippen molar-refractivity contribution >= 4 is 33.5 Å². The summed E-state index contributed by atoms with van der Waals surface area (Å²) < 4.78 is 1.28. The molecule has 0 spiro atoms. The number of aryl methyl sites for hydroxylation is 1. The molecule has 4 rings (SSSR count). The van der Waals surface area contributed by atoms with E-state index in [0.717, 1.165) is 13.0 Å². The predicted molar refractivity (Wildman–Crippen MR) is 95.7 cm³/mol. The van der Waals surface area contributed by atoms with E-state index in [1.54, 1.807) is 0 Å². The summed E-state index contributed by atoms with van der Waals surface area (Å²) in [5.74, 6) is 0. The van der Waals surface area contributed by atoms with Gasteiger partial charge in [-0.15, -0.1) is 0 Å². The van der Waals surface area contributed by atoms with Crippen molar-refractivity contribution in [3.8, 4) is 0 Å². The smallest absolute Gasteiger partial charge is 0.0732 e. The van der Waals surface area contributed by atoms with Gasteiger partial charge in [0.05, 0.1) is 6.04 Å². The number of aromatic nitrogens is 1. The van der Waals surface area contributed by atoms with Gasteiger partial charge in [0.1, 0.15) is 0 Å². The van der Waals surface area contributed by atoms with Crippen LogP contribution in [-0.4, -0.2) is 11.5 Å². The van der Waals surface area contributed by atoms with Crippen LogP contribution < -0.4 is 5.32 Å². The van der Waals surface area contributed by atoms with Crippen LogP contribution in [0.25, 0.3) is 10.9 Å². The summed E-state index contributed by atoms with van der Waals surface area (Å²) >= 11 is 2.35. The normalized spacial score (nSPS) is 17.9. The highest BCUT2D eigenvalue weighted by Gasteiger charge is 2.24. The minimum absolute atomic E-state index is 0.276. The fraction of sp³-hybridized carbons (Fsp3) is 0.222. The number of halogens is 1. The summed E-state index contributed by atoms with van der Waals surface area (Å²) in [5.41, 5.74) is 6.73. The molecule has 2 nitrogen and oxygen atoms in total. The Morgan fingerprint density at radius 1 is 1.10 bits per heavy atom. The van der Waals surface area contributed by atoms with Crippen LogP contribution in [0.5, 0.6) is 0 Å². The summed E-state index contributed by atoms with van der Waals surface area (Å²) in [4.78, 5) is 3.64. The lowest BCUT2D eigenvalue weighted by molar-refractivity contribution is 0.560. The minimum atomic E-state index is 0.276. The Balaban J connectivity index is 1.88. The molecule has 2 heterocycles. The molecule has 1 aromatic heterocycles. The van der Waals surface area contributed by atoms with Gasteiger partial charge in [-0.25, -0.2) is 0 Å². The summed E-state index contributed by atoms with van der Waals surface area (Å²) in [5, 5.41) is 5.04. The number of rotatable bonds is 1. The number of aromatic amines is 1. The van der Waals surface area contributed by atoms with E-state index in [0.29, 0.717) is 0 Å². The lowest BCUT2D eigenvalue weighted by Crippen LogP contribution is -2.30. The van der Waals surface area contributed by atoms with Crippen LogP contribution in [0.1, 0.15) is 28.4 Å².